The first-order valence-corrected chi connectivity index (χ1v) is 5.82. The molecule has 98 valence electrons. The van der Waals surface area contributed by atoms with Crippen LogP contribution in [-0.2, 0) is 14.4 Å². The number of likely N-dealkylation sites (tertiary alicyclic amines) is 1. The van der Waals surface area contributed by atoms with E-state index in [0.29, 0.717) is 5.57 Å². The van der Waals surface area contributed by atoms with Crippen LogP contribution >= 0.6 is 0 Å². The number of imide groups is 1. The number of isocyanates is 1. The van der Waals surface area contributed by atoms with Crippen LogP contribution in [0.25, 0.3) is 0 Å². The summed E-state index contributed by atoms with van der Waals surface area (Å²) >= 11 is 0. The van der Waals surface area contributed by atoms with Gasteiger partial charge in [-0.3, -0.25) is 14.5 Å². The number of amides is 2. The smallest absolute Gasteiger partial charge is 0.235 e. The van der Waals surface area contributed by atoms with Gasteiger partial charge in [-0.25, -0.2) is 9.79 Å². The fourth-order valence-electron chi connectivity index (χ4n) is 1.77. The van der Waals surface area contributed by atoms with Crippen molar-refractivity contribution < 1.29 is 14.4 Å². The molecule has 18 heavy (non-hydrogen) atoms. The zero-order valence-corrected chi connectivity index (χ0v) is 11.0. The lowest BCUT2D eigenvalue weighted by Crippen LogP contribution is -2.47. The fraction of sp³-hybridized carbons (Fsp3) is 0.615. The van der Waals surface area contributed by atoms with Crippen LogP contribution in [0.1, 0.15) is 33.6 Å². The van der Waals surface area contributed by atoms with Crippen molar-refractivity contribution in [2.24, 2.45) is 10.4 Å². The predicted molar refractivity (Wildman–Crippen MR) is 66.5 cm³/mol. The van der Waals surface area contributed by atoms with Gasteiger partial charge in [-0.05, 0) is 5.41 Å². The molecule has 0 radical (unpaired) electrons. The van der Waals surface area contributed by atoms with Gasteiger partial charge in [-0.15, -0.1) is 0 Å². The molecule has 0 aromatic carbocycles. The van der Waals surface area contributed by atoms with Crippen molar-refractivity contribution in [3.05, 3.63) is 12.2 Å². The highest BCUT2D eigenvalue weighted by molar-refractivity contribution is 6.00. The first-order chi connectivity index (χ1) is 8.25. The standard InChI is InChI=1S/C13H18N2O3/c1-9-5-11(17)15(12(18)6-9)7-10(14-8-16)13(2,3)4/h10H,1,5-7H2,2-4H3/t10-/m1/s1. The Bertz CT molecular complexity index is 408. The monoisotopic (exact) mass is 250 g/mol. The molecule has 0 saturated carbocycles. The molecule has 2 amide bonds. The van der Waals surface area contributed by atoms with Crippen LogP contribution in [0.4, 0.5) is 0 Å². The largest absolute Gasteiger partial charge is 0.280 e. The van der Waals surface area contributed by atoms with E-state index in [0.717, 1.165) is 0 Å². The minimum atomic E-state index is -0.436. The molecule has 0 aliphatic carbocycles. The predicted octanol–water partition coefficient (Wildman–Crippen LogP) is 1.44. The van der Waals surface area contributed by atoms with E-state index < -0.39 is 6.04 Å². The molecule has 0 unspecified atom stereocenters. The Kier molecular flexibility index (Phi) is 4.19. The van der Waals surface area contributed by atoms with Gasteiger partial charge in [0.15, 0.2) is 0 Å². The van der Waals surface area contributed by atoms with Crippen molar-refractivity contribution in [3.63, 3.8) is 0 Å². The van der Waals surface area contributed by atoms with Gasteiger partial charge in [0.2, 0.25) is 17.9 Å². The summed E-state index contributed by atoms with van der Waals surface area (Å²) in [6.07, 6.45) is 1.89. The summed E-state index contributed by atoms with van der Waals surface area (Å²) in [5.41, 5.74) is 0.319. The second-order valence-corrected chi connectivity index (χ2v) is 5.60. The molecular formula is C13H18N2O3. The molecule has 1 rings (SSSR count). The van der Waals surface area contributed by atoms with Crippen LogP contribution in [0.15, 0.2) is 17.1 Å². The molecule has 1 heterocycles. The number of rotatable bonds is 3. The topological polar surface area (TPSA) is 66.8 Å². The maximum absolute atomic E-state index is 11.8. The van der Waals surface area contributed by atoms with Crippen molar-refractivity contribution in [3.8, 4) is 0 Å². The number of carbonyl (C=O) groups is 2. The van der Waals surface area contributed by atoms with Crippen molar-refractivity contribution in [1.82, 2.24) is 4.90 Å². The average molecular weight is 250 g/mol. The maximum Gasteiger partial charge on any atom is 0.235 e. The lowest BCUT2D eigenvalue weighted by molar-refractivity contribution is -0.146. The number of piperidine rings is 1. The number of nitrogens with zero attached hydrogens (tertiary/aromatic N) is 2. The minimum Gasteiger partial charge on any atom is -0.280 e. The molecule has 1 fully saturated rings. The third kappa shape index (κ3) is 3.37. The molecule has 0 spiro atoms. The average Bonchev–Trinajstić information content (AvgIpc) is 2.19. The summed E-state index contributed by atoms with van der Waals surface area (Å²) in [4.78, 5) is 38.9. The van der Waals surface area contributed by atoms with Crippen LogP contribution in [0.2, 0.25) is 0 Å². The highest BCUT2D eigenvalue weighted by Gasteiger charge is 2.34. The SMILES string of the molecule is C=C1CC(=O)N(C[C@@H](N=C=O)C(C)(C)C)C(=O)C1. The molecule has 5 heteroatoms. The molecule has 1 atom stereocenters. The van der Waals surface area contributed by atoms with E-state index in [4.69, 9.17) is 0 Å². The van der Waals surface area contributed by atoms with Crippen LogP contribution in [-0.4, -0.2) is 35.4 Å². The summed E-state index contributed by atoms with van der Waals surface area (Å²) in [7, 11) is 0. The molecule has 0 aromatic rings. The zero-order chi connectivity index (χ0) is 13.9. The third-order valence-corrected chi connectivity index (χ3v) is 2.97. The lowest BCUT2D eigenvalue weighted by Gasteiger charge is -2.33. The maximum atomic E-state index is 11.8. The van der Waals surface area contributed by atoms with Crippen molar-refractivity contribution >= 4 is 17.9 Å². The Labute approximate surface area is 107 Å². The second-order valence-electron chi connectivity index (χ2n) is 5.60. The summed E-state index contributed by atoms with van der Waals surface area (Å²) in [5, 5.41) is 0. The Morgan fingerprint density at radius 1 is 1.33 bits per heavy atom. The van der Waals surface area contributed by atoms with Gasteiger partial charge in [-0.1, -0.05) is 32.9 Å². The fourth-order valence-corrected chi connectivity index (χ4v) is 1.77. The zero-order valence-electron chi connectivity index (χ0n) is 11.0. The number of aliphatic imine (C=N–C) groups is 1. The highest BCUT2D eigenvalue weighted by Crippen LogP contribution is 2.25. The van der Waals surface area contributed by atoms with Gasteiger partial charge in [0.25, 0.3) is 0 Å². The quantitative estimate of drug-likeness (QED) is 0.329. The van der Waals surface area contributed by atoms with Gasteiger partial charge in [0.1, 0.15) is 0 Å². The van der Waals surface area contributed by atoms with Gasteiger partial charge in [0.05, 0.1) is 12.6 Å². The van der Waals surface area contributed by atoms with E-state index in [-0.39, 0.29) is 36.6 Å². The second kappa shape index (κ2) is 5.27. The molecule has 1 saturated heterocycles. The summed E-state index contributed by atoms with van der Waals surface area (Å²) in [5.74, 6) is -0.543. The molecule has 1 aliphatic heterocycles. The first kappa shape index (κ1) is 14.3. The Hall–Kier alpha value is -1.74. The van der Waals surface area contributed by atoms with Crippen molar-refractivity contribution in [1.29, 1.82) is 0 Å². The first-order valence-electron chi connectivity index (χ1n) is 5.82. The normalized spacial score (nSPS) is 18.6. The van der Waals surface area contributed by atoms with E-state index in [2.05, 4.69) is 11.6 Å². The number of hydrogen-bond donors (Lipinski definition) is 0. The summed E-state index contributed by atoms with van der Waals surface area (Å²) < 4.78 is 0. The van der Waals surface area contributed by atoms with Crippen molar-refractivity contribution in [2.45, 2.75) is 39.7 Å². The van der Waals surface area contributed by atoms with Gasteiger partial charge >= 0.3 is 0 Å². The van der Waals surface area contributed by atoms with E-state index in [1.165, 1.54) is 11.0 Å². The summed E-state index contributed by atoms with van der Waals surface area (Å²) in [6, 6.07) is -0.436. The van der Waals surface area contributed by atoms with Crippen LogP contribution in [0, 0.1) is 5.41 Å². The van der Waals surface area contributed by atoms with E-state index >= 15 is 0 Å². The molecule has 5 nitrogen and oxygen atoms in total. The van der Waals surface area contributed by atoms with Crippen LogP contribution in [0.3, 0.4) is 0 Å². The lowest BCUT2D eigenvalue weighted by atomic mass is 9.86. The minimum absolute atomic E-state index is 0.129. The third-order valence-electron chi connectivity index (χ3n) is 2.97. The van der Waals surface area contributed by atoms with Crippen LogP contribution < -0.4 is 0 Å². The molecule has 0 bridgehead atoms. The van der Waals surface area contributed by atoms with E-state index in [1.54, 1.807) is 0 Å². The van der Waals surface area contributed by atoms with Crippen LogP contribution in [0.5, 0.6) is 0 Å². The molecule has 0 aromatic heterocycles. The number of carbonyl (C=O) groups excluding carboxylic acids is 3. The molecular weight excluding hydrogens is 232 g/mol. The number of hydrogen-bond acceptors (Lipinski definition) is 4. The van der Waals surface area contributed by atoms with E-state index in [1.807, 2.05) is 20.8 Å². The molecule has 0 N–H and O–H groups in total. The molecule has 1 aliphatic rings. The van der Waals surface area contributed by atoms with Gasteiger partial charge in [0, 0.05) is 12.8 Å². The highest BCUT2D eigenvalue weighted by atomic mass is 16.2. The Morgan fingerprint density at radius 3 is 2.22 bits per heavy atom. The van der Waals surface area contributed by atoms with Crippen molar-refractivity contribution in [2.75, 3.05) is 6.54 Å². The summed E-state index contributed by atoms with van der Waals surface area (Å²) in [6.45, 7) is 9.49. The Balaban J connectivity index is 2.87. The van der Waals surface area contributed by atoms with Gasteiger partial charge < -0.3 is 0 Å². The van der Waals surface area contributed by atoms with E-state index in [9.17, 15) is 14.4 Å². The van der Waals surface area contributed by atoms with Gasteiger partial charge in [-0.2, -0.15) is 0 Å². The Morgan fingerprint density at radius 2 is 1.83 bits per heavy atom.